The minimum Gasteiger partial charge on any atom is -0.497 e. The Labute approximate surface area is 188 Å². The van der Waals surface area contributed by atoms with Gasteiger partial charge in [-0.2, -0.15) is 5.10 Å². The molecule has 166 valence electrons. The second-order valence-electron chi connectivity index (χ2n) is 7.23. The van der Waals surface area contributed by atoms with E-state index >= 15 is 0 Å². The lowest BCUT2D eigenvalue weighted by atomic mass is 10.2. The maximum atomic E-state index is 13.4. The quantitative estimate of drug-likeness (QED) is 0.418. The van der Waals surface area contributed by atoms with Gasteiger partial charge in [-0.3, -0.25) is 9.10 Å². The van der Waals surface area contributed by atoms with Crippen molar-refractivity contribution >= 4 is 27.8 Å². The number of nitrogens with zero attached hydrogens (tertiary/aromatic N) is 2. The minimum absolute atomic E-state index is 0.0852. The lowest BCUT2D eigenvalue weighted by Gasteiger charge is -2.24. The molecule has 0 aliphatic heterocycles. The first kappa shape index (κ1) is 23.0. The fraction of sp³-hybridized carbons (Fsp3) is 0.167. The van der Waals surface area contributed by atoms with Crippen molar-refractivity contribution in [3.05, 3.63) is 89.5 Å². The average molecular weight is 452 g/mol. The van der Waals surface area contributed by atoms with E-state index in [-0.39, 0.29) is 4.90 Å². The summed E-state index contributed by atoms with van der Waals surface area (Å²) in [5.41, 5.74) is 5.53. The lowest BCUT2D eigenvalue weighted by molar-refractivity contribution is -0.119. The molecule has 0 aromatic heterocycles. The van der Waals surface area contributed by atoms with E-state index in [4.69, 9.17) is 4.74 Å². The van der Waals surface area contributed by atoms with Gasteiger partial charge in [0.2, 0.25) is 0 Å². The van der Waals surface area contributed by atoms with Crippen LogP contribution >= 0.6 is 0 Å². The van der Waals surface area contributed by atoms with Crippen molar-refractivity contribution < 1.29 is 17.9 Å². The molecule has 1 amide bonds. The zero-order chi connectivity index (χ0) is 23.1. The number of hydrazone groups is 1. The van der Waals surface area contributed by atoms with Gasteiger partial charge in [0.15, 0.2) is 0 Å². The Morgan fingerprint density at radius 2 is 1.72 bits per heavy atom. The van der Waals surface area contributed by atoms with Gasteiger partial charge in [0, 0.05) is 6.07 Å². The molecule has 7 nitrogen and oxygen atoms in total. The number of carbonyl (C=O) groups is 1. The highest BCUT2D eigenvalue weighted by molar-refractivity contribution is 7.92. The van der Waals surface area contributed by atoms with Crippen LogP contribution < -0.4 is 14.5 Å². The third-order valence-electron chi connectivity index (χ3n) is 4.68. The smallest absolute Gasteiger partial charge is 0.264 e. The zero-order valence-electron chi connectivity index (χ0n) is 18.1. The minimum atomic E-state index is -4.01. The Morgan fingerprint density at radius 1 is 1.00 bits per heavy atom. The van der Waals surface area contributed by atoms with Crippen LogP contribution in [0.5, 0.6) is 5.75 Å². The van der Waals surface area contributed by atoms with Crippen LogP contribution in [-0.4, -0.2) is 34.2 Å². The van der Waals surface area contributed by atoms with E-state index in [1.54, 1.807) is 36.4 Å². The summed E-state index contributed by atoms with van der Waals surface area (Å²) in [4.78, 5) is 12.7. The number of amides is 1. The van der Waals surface area contributed by atoms with Crippen molar-refractivity contribution in [2.75, 3.05) is 18.0 Å². The number of rotatable bonds is 8. The van der Waals surface area contributed by atoms with Crippen LogP contribution in [0.15, 0.2) is 82.8 Å². The first-order valence-corrected chi connectivity index (χ1v) is 11.4. The van der Waals surface area contributed by atoms with Gasteiger partial charge in [-0.15, -0.1) is 0 Å². The fourth-order valence-corrected chi connectivity index (χ4v) is 4.43. The summed E-state index contributed by atoms with van der Waals surface area (Å²) in [5.74, 6) is -0.100. The number of carbonyl (C=O) groups excluding carboxylic acids is 1. The number of sulfonamides is 1. The summed E-state index contributed by atoms with van der Waals surface area (Å²) in [5, 5.41) is 3.96. The molecule has 0 spiro atoms. The molecular formula is C24H25N3O4S. The Balaban J connectivity index is 1.86. The third kappa shape index (κ3) is 5.73. The third-order valence-corrected chi connectivity index (χ3v) is 6.47. The normalized spacial score (nSPS) is 11.3. The van der Waals surface area contributed by atoms with Gasteiger partial charge in [0.1, 0.15) is 12.3 Å². The first-order chi connectivity index (χ1) is 15.3. The Morgan fingerprint density at radius 3 is 2.41 bits per heavy atom. The van der Waals surface area contributed by atoms with Crippen LogP contribution in [0, 0.1) is 13.8 Å². The Hall–Kier alpha value is -3.65. The molecule has 0 atom stereocenters. The molecule has 8 heteroatoms. The molecule has 0 fully saturated rings. The van der Waals surface area contributed by atoms with Crippen LogP contribution in [-0.2, 0) is 14.8 Å². The maximum Gasteiger partial charge on any atom is 0.264 e. The summed E-state index contributed by atoms with van der Waals surface area (Å²) < 4.78 is 33.0. The molecule has 0 radical (unpaired) electrons. The first-order valence-electron chi connectivity index (χ1n) is 9.91. The molecule has 3 rings (SSSR count). The molecular weight excluding hydrogens is 426 g/mol. The van der Waals surface area contributed by atoms with E-state index in [2.05, 4.69) is 10.5 Å². The van der Waals surface area contributed by atoms with Crippen molar-refractivity contribution in [3.63, 3.8) is 0 Å². The topological polar surface area (TPSA) is 88.1 Å². The molecule has 3 aromatic rings. The van der Waals surface area contributed by atoms with Gasteiger partial charge in [0.25, 0.3) is 15.9 Å². The highest BCUT2D eigenvalue weighted by Gasteiger charge is 2.27. The molecule has 0 bridgehead atoms. The van der Waals surface area contributed by atoms with Crippen LogP contribution in [0.3, 0.4) is 0 Å². The predicted octanol–water partition coefficient (Wildman–Crippen LogP) is 3.66. The number of hydrogen-bond donors (Lipinski definition) is 1. The van der Waals surface area contributed by atoms with E-state index in [9.17, 15) is 13.2 Å². The summed E-state index contributed by atoms with van der Waals surface area (Å²) >= 11 is 0. The van der Waals surface area contributed by atoms with Gasteiger partial charge in [-0.05, 0) is 43.7 Å². The maximum absolute atomic E-state index is 13.4. The average Bonchev–Trinajstić information content (AvgIpc) is 2.78. The van der Waals surface area contributed by atoms with Gasteiger partial charge >= 0.3 is 0 Å². The molecule has 0 heterocycles. The van der Waals surface area contributed by atoms with E-state index in [0.29, 0.717) is 11.4 Å². The second-order valence-corrected chi connectivity index (χ2v) is 9.10. The van der Waals surface area contributed by atoms with Crippen LogP contribution in [0.2, 0.25) is 0 Å². The number of benzene rings is 3. The lowest BCUT2D eigenvalue weighted by Crippen LogP contribution is -2.39. The zero-order valence-corrected chi connectivity index (χ0v) is 19.0. The van der Waals surface area contributed by atoms with Gasteiger partial charge in [0.05, 0.1) is 23.9 Å². The standard InChI is InChI=1S/C24H25N3O4S/c1-18-10-12-23(13-11-18)32(29,30)27(21-8-5-9-22(15-21)31-3)17-24(28)26-25-16-20-7-4-6-19(2)14-20/h4-16H,17H2,1-3H3,(H,26,28)/b25-16-. The molecule has 0 aliphatic carbocycles. The molecule has 1 N–H and O–H groups in total. The largest absolute Gasteiger partial charge is 0.497 e. The second kappa shape index (κ2) is 10.1. The summed E-state index contributed by atoms with van der Waals surface area (Å²) in [6.07, 6.45) is 1.51. The molecule has 3 aromatic carbocycles. The number of aryl methyl sites for hydroxylation is 2. The van der Waals surface area contributed by atoms with Gasteiger partial charge in [-0.1, -0.05) is 53.6 Å². The number of hydrogen-bond acceptors (Lipinski definition) is 5. The fourth-order valence-electron chi connectivity index (χ4n) is 3.01. The molecule has 32 heavy (non-hydrogen) atoms. The summed E-state index contributed by atoms with van der Waals surface area (Å²) in [6, 6.07) is 20.6. The van der Waals surface area contributed by atoms with Crippen LogP contribution in [0.4, 0.5) is 5.69 Å². The van der Waals surface area contributed by atoms with Gasteiger partial charge < -0.3 is 4.74 Å². The van der Waals surface area contributed by atoms with Crippen molar-refractivity contribution in [1.82, 2.24) is 5.43 Å². The van der Waals surface area contributed by atoms with Crippen molar-refractivity contribution in [2.24, 2.45) is 5.10 Å². The molecule has 0 aliphatic rings. The predicted molar refractivity (Wildman–Crippen MR) is 126 cm³/mol. The number of anilines is 1. The van der Waals surface area contributed by atoms with Crippen LogP contribution in [0.25, 0.3) is 0 Å². The Bertz CT molecular complexity index is 1220. The van der Waals surface area contributed by atoms with E-state index in [1.165, 1.54) is 25.5 Å². The van der Waals surface area contributed by atoms with E-state index in [0.717, 1.165) is 21.0 Å². The van der Waals surface area contributed by atoms with E-state index < -0.39 is 22.5 Å². The van der Waals surface area contributed by atoms with Gasteiger partial charge in [-0.25, -0.2) is 13.8 Å². The number of methoxy groups -OCH3 is 1. The van der Waals surface area contributed by atoms with E-state index in [1.807, 2.05) is 38.1 Å². The van der Waals surface area contributed by atoms with Crippen molar-refractivity contribution in [1.29, 1.82) is 0 Å². The number of nitrogens with one attached hydrogen (secondary N) is 1. The Kier molecular flexibility index (Phi) is 7.27. The van der Waals surface area contributed by atoms with Crippen molar-refractivity contribution in [2.45, 2.75) is 18.7 Å². The molecule has 0 unspecified atom stereocenters. The monoisotopic (exact) mass is 451 g/mol. The molecule has 0 saturated heterocycles. The highest BCUT2D eigenvalue weighted by atomic mass is 32.2. The summed E-state index contributed by atoms with van der Waals surface area (Å²) in [6.45, 7) is 3.38. The summed E-state index contributed by atoms with van der Waals surface area (Å²) in [7, 11) is -2.52. The molecule has 0 saturated carbocycles. The van der Waals surface area contributed by atoms with Crippen molar-refractivity contribution in [3.8, 4) is 5.75 Å². The number of ether oxygens (including phenoxy) is 1. The van der Waals surface area contributed by atoms with Crippen LogP contribution in [0.1, 0.15) is 16.7 Å². The SMILES string of the molecule is COc1cccc(N(CC(=O)N/N=C\c2cccc(C)c2)S(=O)(=O)c2ccc(C)cc2)c1. The highest BCUT2D eigenvalue weighted by Crippen LogP contribution is 2.27.